The first-order valence-corrected chi connectivity index (χ1v) is 8.07. The topological polar surface area (TPSA) is 81.1 Å². The Morgan fingerprint density at radius 1 is 0.962 bits per heavy atom. The average Bonchev–Trinajstić information content (AvgIpc) is 2.64. The number of carbonyl (C=O) groups excluding carboxylic acids is 2. The van der Waals surface area contributed by atoms with Crippen molar-refractivity contribution in [3.8, 4) is 11.3 Å². The zero-order valence-electron chi connectivity index (χ0n) is 14.2. The van der Waals surface area contributed by atoms with Crippen molar-refractivity contribution >= 4 is 17.4 Å². The van der Waals surface area contributed by atoms with Gasteiger partial charge in [0.1, 0.15) is 6.54 Å². The maximum atomic E-state index is 12.5. The van der Waals surface area contributed by atoms with E-state index >= 15 is 0 Å². The predicted molar refractivity (Wildman–Crippen MR) is 99.0 cm³/mol. The van der Waals surface area contributed by atoms with E-state index in [1.807, 2.05) is 30.3 Å². The predicted octanol–water partition coefficient (Wildman–Crippen LogP) is 2.75. The lowest BCUT2D eigenvalue weighted by atomic mass is 10.1. The molecular formula is C20H17N3O3. The van der Waals surface area contributed by atoms with Crippen LogP contribution in [-0.2, 0) is 11.3 Å². The van der Waals surface area contributed by atoms with Crippen LogP contribution in [-0.4, -0.2) is 21.5 Å². The minimum absolute atomic E-state index is 0.154. The lowest BCUT2D eigenvalue weighted by molar-refractivity contribution is -0.114. The summed E-state index contributed by atoms with van der Waals surface area (Å²) in [4.78, 5) is 35.5. The van der Waals surface area contributed by atoms with E-state index in [2.05, 4.69) is 10.4 Å². The van der Waals surface area contributed by atoms with E-state index in [-0.39, 0.29) is 23.8 Å². The van der Waals surface area contributed by atoms with Gasteiger partial charge in [-0.15, -0.1) is 0 Å². The molecule has 6 nitrogen and oxygen atoms in total. The third-order valence-corrected chi connectivity index (χ3v) is 3.76. The van der Waals surface area contributed by atoms with Gasteiger partial charge >= 0.3 is 0 Å². The van der Waals surface area contributed by atoms with Gasteiger partial charge in [-0.1, -0.05) is 30.3 Å². The molecule has 0 unspecified atom stereocenters. The van der Waals surface area contributed by atoms with Crippen LogP contribution in [0.15, 0.2) is 71.5 Å². The summed E-state index contributed by atoms with van der Waals surface area (Å²) in [5, 5.41) is 6.93. The molecule has 0 spiro atoms. The van der Waals surface area contributed by atoms with E-state index in [9.17, 15) is 14.4 Å². The second-order valence-electron chi connectivity index (χ2n) is 5.76. The molecule has 0 fully saturated rings. The van der Waals surface area contributed by atoms with Crippen LogP contribution in [0.5, 0.6) is 0 Å². The first-order valence-electron chi connectivity index (χ1n) is 8.07. The van der Waals surface area contributed by atoms with Crippen LogP contribution in [0.4, 0.5) is 5.69 Å². The van der Waals surface area contributed by atoms with Crippen molar-refractivity contribution in [1.29, 1.82) is 0 Å². The fourth-order valence-corrected chi connectivity index (χ4v) is 2.50. The Bertz CT molecular complexity index is 993. The molecule has 0 aliphatic carbocycles. The average molecular weight is 347 g/mol. The van der Waals surface area contributed by atoms with E-state index in [1.54, 1.807) is 30.3 Å². The zero-order valence-corrected chi connectivity index (χ0v) is 14.2. The largest absolute Gasteiger partial charge is 0.326 e. The Morgan fingerprint density at radius 3 is 2.31 bits per heavy atom. The lowest BCUT2D eigenvalue weighted by Gasteiger charge is -2.08. The van der Waals surface area contributed by atoms with Crippen molar-refractivity contribution in [1.82, 2.24) is 9.78 Å². The van der Waals surface area contributed by atoms with E-state index < -0.39 is 0 Å². The number of nitrogens with one attached hydrogen (secondary N) is 1. The van der Waals surface area contributed by atoms with Crippen LogP contribution in [0.3, 0.4) is 0 Å². The number of Topliss-reactive ketones (excluding diaryl/α,β-unsaturated/α-hetero) is 1. The highest BCUT2D eigenvalue weighted by Crippen LogP contribution is 2.14. The SMILES string of the molecule is CC(=O)Nc1ccc(C(=O)Cn2nc(-c3ccccc3)ccc2=O)cc1. The van der Waals surface area contributed by atoms with Gasteiger partial charge in [-0.25, -0.2) is 4.68 Å². The quantitative estimate of drug-likeness (QED) is 0.720. The van der Waals surface area contributed by atoms with Crippen molar-refractivity contribution in [2.24, 2.45) is 0 Å². The smallest absolute Gasteiger partial charge is 0.267 e. The molecule has 3 aromatic rings. The van der Waals surface area contributed by atoms with Gasteiger partial charge in [0.25, 0.3) is 5.56 Å². The standard InChI is InChI=1S/C20H17N3O3/c1-14(24)21-17-9-7-16(8-10-17)19(25)13-23-20(26)12-11-18(22-23)15-5-3-2-4-6-15/h2-12H,13H2,1H3,(H,21,24). The van der Waals surface area contributed by atoms with Crippen molar-refractivity contribution in [2.45, 2.75) is 13.5 Å². The molecule has 0 atom stereocenters. The molecule has 6 heteroatoms. The van der Waals surface area contributed by atoms with E-state index in [0.29, 0.717) is 16.9 Å². The highest BCUT2D eigenvalue weighted by molar-refractivity contribution is 5.96. The minimum Gasteiger partial charge on any atom is -0.326 e. The molecule has 0 aliphatic rings. The fourth-order valence-electron chi connectivity index (χ4n) is 2.50. The first kappa shape index (κ1) is 17.3. The number of anilines is 1. The van der Waals surface area contributed by atoms with Gasteiger partial charge in [0.2, 0.25) is 5.91 Å². The molecule has 1 N–H and O–H groups in total. The Kier molecular flexibility index (Phi) is 5.03. The summed E-state index contributed by atoms with van der Waals surface area (Å²) >= 11 is 0. The van der Waals surface area contributed by atoms with Crippen LogP contribution < -0.4 is 10.9 Å². The van der Waals surface area contributed by atoms with Gasteiger partial charge in [-0.2, -0.15) is 5.10 Å². The number of carbonyl (C=O) groups is 2. The first-order chi connectivity index (χ1) is 12.5. The van der Waals surface area contributed by atoms with E-state index in [1.165, 1.54) is 13.0 Å². The van der Waals surface area contributed by atoms with Crippen LogP contribution >= 0.6 is 0 Å². The molecular weight excluding hydrogens is 330 g/mol. The van der Waals surface area contributed by atoms with Crippen molar-refractivity contribution in [3.05, 3.63) is 82.6 Å². The second kappa shape index (κ2) is 7.57. The van der Waals surface area contributed by atoms with Gasteiger partial charge in [-0.05, 0) is 30.3 Å². The molecule has 130 valence electrons. The fraction of sp³-hybridized carbons (Fsp3) is 0.100. The summed E-state index contributed by atoms with van der Waals surface area (Å²) in [5.41, 5.74) is 2.20. The van der Waals surface area contributed by atoms with Gasteiger partial charge in [0, 0.05) is 29.8 Å². The monoisotopic (exact) mass is 347 g/mol. The maximum Gasteiger partial charge on any atom is 0.267 e. The van der Waals surface area contributed by atoms with Gasteiger partial charge in [0.05, 0.1) is 5.69 Å². The Morgan fingerprint density at radius 2 is 1.65 bits per heavy atom. The number of nitrogens with zero attached hydrogens (tertiary/aromatic N) is 2. The zero-order chi connectivity index (χ0) is 18.5. The number of amides is 1. The number of benzene rings is 2. The summed E-state index contributed by atoms with van der Waals surface area (Å²) in [7, 11) is 0. The number of hydrogen-bond donors (Lipinski definition) is 1. The summed E-state index contributed by atoms with van der Waals surface area (Å²) in [5.74, 6) is -0.420. The van der Waals surface area contributed by atoms with Gasteiger partial charge < -0.3 is 5.32 Å². The minimum atomic E-state index is -0.340. The summed E-state index contributed by atoms with van der Waals surface area (Å²) in [6.45, 7) is 1.26. The normalized spacial score (nSPS) is 10.3. The van der Waals surface area contributed by atoms with Crippen LogP contribution in [0, 0.1) is 0 Å². The molecule has 26 heavy (non-hydrogen) atoms. The molecule has 1 aromatic heterocycles. The summed E-state index contributed by atoms with van der Waals surface area (Å²) < 4.78 is 1.16. The molecule has 0 bridgehead atoms. The number of ketones is 1. The number of rotatable bonds is 5. The molecule has 0 radical (unpaired) electrons. The number of hydrogen-bond acceptors (Lipinski definition) is 4. The van der Waals surface area contributed by atoms with Crippen molar-refractivity contribution < 1.29 is 9.59 Å². The summed E-state index contributed by atoms with van der Waals surface area (Å²) in [6, 6.07) is 19.0. The van der Waals surface area contributed by atoms with Gasteiger partial charge in [0.15, 0.2) is 5.78 Å². The molecule has 3 rings (SSSR count). The molecule has 0 saturated carbocycles. The van der Waals surface area contributed by atoms with Crippen molar-refractivity contribution in [3.63, 3.8) is 0 Å². The molecule has 0 aliphatic heterocycles. The highest BCUT2D eigenvalue weighted by Gasteiger charge is 2.10. The Labute approximate surface area is 150 Å². The number of aromatic nitrogens is 2. The molecule has 1 heterocycles. The summed E-state index contributed by atoms with van der Waals surface area (Å²) in [6.07, 6.45) is 0. The van der Waals surface area contributed by atoms with Gasteiger partial charge in [-0.3, -0.25) is 14.4 Å². The molecule has 0 saturated heterocycles. The maximum absolute atomic E-state index is 12.5. The van der Waals surface area contributed by atoms with E-state index in [4.69, 9.17) is 0 Å². The third kappa shape index (κ3) is 4.10. The third-order valence-electron chi connectivity index (χ3n) is 3.76. The highest BCUT2D eigenvalue weighted by atomic mass is 16.2. The van der Waals surface area contributed by atoms with Crippen LogP contribution in [0.2, 0.25) is 0 Å². The lowest BCUT2D eigenvalue weighted by Crippen LogP contribution is -2.26. The Hall–Kier alpha value is -3.54. The van der Waals surface area contributed by atoms with E-state index in [0.717, 1.165) is 10.2 Å². The van der Waals surface area contributed by atoms with Crippen LogP contribution in [0.1, 0.15) is 17.3 Å². The second-order valence-corrected chi connectivity index (χ2v) is 5.76. The Balaban J connectivity index is 1.81. The molecule has 2 aromatic carbocycles. The van der Waals surface area contributed by atoms with Crippen LogP contribution in [0.25, 0.3) is 11.3 Å². The van der Waals surface area contributed by atoms with Crippen molar-refractivity contribution in [2.75, 3.05) is 5.32 Å². The molecule has 1 amide bonds.